The van der Waals surface area contributed by atoms with E-state index in [0.717, 1.165) is 17.2 Å². The van der Waals surface area contributed by atoms with E-state index >= 15 is 0 Å². The Hall–Kier alpha value is -3.65. The maximum absolute atomic E-state index is 12.6. The largest absolute Gasteiger partial charge is 0.465 e. The maximum Gasteiger partial charge on any atom is 0.348 e. The van der Waals surface area contributed by atoms with E-state index in [1.165, 1.54) is 18.4 Å². The second kappa shape index (κ2) is 8.61. The van der Waals surface area contributed by atoms with Gasteiger partial charge in [-0.05, 0) is 48.9 Å². The van der Waals surface area contributed by atoms with E-state index in [2.05, 4.69) is 9.97 Å². The van der Waals surface area contributed by atoms with Crippen LogP contribution < -0.4 is 15.2 Å². The fourth-order valence-electron chi connectivity index (χ4n) is 3.26. The number of ether oxygens (including phenoxy) is 2. The van der Waals surface area contributed by atoms with E-state index in [9.17, 15) is 9.59 Å². The molecule has 0 spiro atoms. The first kappa shape index (κ1) is 20.6. The summed E-state index contributed by atoms with van der Waals surface area (Å²) in [5, 5.41) is 0.430. The number of methoxy groups -OCH3 is 1. The van der Waals surface area contributed by atoms with Gasteiger partial charge in [-0.2, -0.15) is 0 Å². The third-order valence-electron chi connectivity index (χ3n) is 4.86. The first-order valence-electron chi connectivity index (χ1n) is 9.61. The molecule has 4 aromatic rings. The van der Waals surface area contributed by atoms with Crippen LogP contribution in [0.25, 0.3) is 10.2 Å². The lowest BCUT2D eigenvalue weighted by atomic mass is 10.2. The molecule has 0 atom stereocenters. The van der Waals surface area contributed by atoms with Crippen molar-refractivity contribution in [3.8, 4) is 11.5 Å². The number of hydrogen-bond donors (Lipinski definition) is 1. The quantitative estimate of drug-likeness (QED) is 0.449. The number of carbonyl (C=O) groups is 1. The van der Waals surface area contributed by atoms with Crippen molar-refractivity contribution in [1.82, 2.24) is 9.97 Å². The van der Waals surface area contributed by atoms with Crippen LogP contribution in [0.5, 0.6) is 11.5 Å². The molecule has 31 heavy (non-hydrogen) atoms. The third-order valence-corrected chi connectivity index (χ3v) is 6.03. The Labute approximate surface area is 182 Å². The van der Waals surface area contributed by atoms with Gasteiger partial charge in [0.15, 0.2) is 0 Å². The topological polar surface area (TPSA) is 84.5 Å². The highest BCUT2D eigenvalue weighted by molar-refractivity contribution is 7.20. The van der Waals surface area contributed by atoms with Crippen LogP contribution in [-0.4, -0.2) is 30.1 Å². The number of fused-ring (bicyclic) bond motifs is 1. The van der Waals surface area contributed by atoms with Crippen molar-refractivity contribution in [3.63, 3.8) is 0 Å². The van der Waals surface area contributed by atoms with E-state index < -0.39 is 5.97 Å². The van der Waals surface area contributed by atoms with Crippen LogP contribution in [0.4, 0.5) is 5.69 Å². The first-order valence-corrected chi connectivity index (χ1v) is 10.4. The van der Waals surface area contributed by atoms with Gasteiger partial charge in [0.1, 0.15) is 27.0 Å². The van der Waals surface area contributed by atoms with E-state index in [-0.39, 0.29) is 5.56 Å². The number of carbonyl (C=O) groups excluding carboxylic acids is 1. The lowest BCUT2D eigenvalue weighted by Gasteiger charge is -2.19. The molecule has 2 aromatic carbocycles. The van der Waals surface area contributed by atoms with E-state index in [1.807, 2.05) is 66.5 Å². The molecule has 2 aromatic heterocycles. The van der Waals surface area contributed by atoms with Crippen molar-refractivity contribution in [2.45, 2.75) is 13.5 Å². The summed E-state index contributed by atoms with van der Waals surface area (Å²) in [6.45, 7) is 2.13. The minimum atomic E-state index is -0.462. The summed E-state index contributed by atoms with van der Waals surface area (Å²) in [7, 11) is 3.23. The zero-order valence-electron chi connectivity index (χ0n) is 17.3. The van der Waals surface area contributed by atoms with Crippen molar-refractivity contribution < 1.29 is 14.3 Å². The molecule has 0 amide bonds. The lowest BCUT2D eigenvalue weighted by Crippen LogP contribution is -2.21. The molecule has 0 aliphatic rings. The van der Waals surface area contributed by atoms with Crippen molar-refractivity contribution in [1.29, 1.82) is 0 Å². The summed E-state index contributed by atoms with van der Waals surface area (Å²) in [5.74, 6) is 1.57. The van der Waals surface area contributed by atoms with Gasteiger partial charge in [-0.15, -0.1) is 11.3 Å². The highest BCUT2D eigenvalue weighted by atomic mass is 32.1. The monoisotopic (exact) mass is 435 g/mol. The molecular formula is C23H21N3O4S. The van der Waals surface area contributed by atoms with E-state index in [1.54, 1.807) is 6.92 Å². The number of benzene rings is 2. The standard InChI is InChI=1S/C23H21N3O4S/c1-14-19-21(27)24-18(25-22(19)31-20(14)23(28)29-3)13-26(2)15-9-11-17(12-10-15)30-16-7-5-4-6-8-16/h4-12H,13H2,1-3H3,(H,24,25,27). The van der Waals surface area contributed by atoms with Gasteiger partial charge in [0.05, 0.1) is 19.0 Å². The normalized spacial score (nSPS) is 10.8. The lowest BCUT2D eigenvalue weighted by molar-refractivity contribution is 0.0605. The highest BCUT2D eigenvalue weighted by Crippen LogP contribution is 2.28. The zero-order valence-corrected chi connectivity index (χ0v) is 18.2. The molecule has 0 aliphatic heterocycles. The fourth-order valence-corrected chi connectivity index (χ4v) is 4.38. The van der Waals surface area contributed by atoms with Gasteiger partial charge in [0, 0.05) is 12.7 Å². The fraction of sp³-hybridized carbons (Fsp3) is 0.174. The summed E-state index contributed by atoms with van der Waals surface area (Å²) in [5.41, 5.74) is 1.28. The Bertz CT molecular complexity index is 1280. The molecule has 0 bridgehead atoms. The Morgan fingerprint density at radius 2 is 1.77 bits per heavy atom. The zero-order chi connectivity index (χ0) is 22.0. The van der Waals surface area contributed by atoms with Crippen LogP contribution >= 0.6 is 11.3 Å². The number of nitrogens with zero attached hydrogens (tertiary/aromatic N) is 2. The van der Waals surface area contributed by atoms with Gasteiger partial charge in [0.25, 0.3) is 5.56 Å². The second-order valence-corrected chi connectivity index (χ2v) is 8.00. The molecule has 0 saturated carbocycles. The smallest absolute Gasteiger partial charge is 0.348 e. The first-order chi connectivity index (χ1) is 15.0. The van der Waals surface area contributed by atoms with Crippen molar-refractivity contribution in [2.75, 3.05) is 19.1 Å². The van der Waals surface area contributed by atoms with Crippen molar-refractivity contribution in [2.24, 2.45) is 0 Å². The number of para-hydroxylation sites is 1. The Morgan fingerprint density at radius 1 is 1.10 bits per heavy atom. The third kappa shape index (κ3) is 4.29. The van der Waals surface area contributed by atoms with Gasteiger partial charge in [0.2, 0.25) is 0 Å². The summed E-state index contributed by atoms with van der Waals surface area (Å²) in [6.07, 6.45) is 0. The number of nitrogens with one attached hydrogen (secondary N) is 1. The Kier molecular flexibility index (Phi) is 5.73. The van der Waals surface area contributed by atoms with E-state index in [0.29, 0.717) is 33.0 Å². The molecular weight excluding hydrogens is 414 g/mol. The molecule has 0 aliphatic carbocycles. The Balaban J connectivity index is 1.53. The molecule has 0 unspecified atom stereocenters. The number of rotatable bonds is 6. The maximum atomic E-state index is 12.6. The van der Waals surface area contributed by atoms with E-state index in [4.69, 9.17) is 9.47 Å². The molecule has 4 rings (SSSR count). The Morgan fingerprint density at radius 3 is 2.45 bits per heavy atom. The summed E-state index contributed by atoms with van der Waals surface area (Å²) < 4.78 is 10.6. The van der Waals surface area contributed by atoms with Crippen LogP contribution in [0.15, 0.2) is 59.4 Å². The predicted molar refractivity (Wildman–Crippen MR) is 121 cm³/mol. The number of esters is 1. The number of anilines is 1. The number of aromatic nitrogens is 2. The minimum Gasteiger partial charge on any atom is -0.465 e. The van der Waals surface area contributed by atoms with Crippen LogP contribution in [0.2, 0.25) is 0 Å². The highest BCUT2D eigenvalue weighted by Gasteiger charge is 2.20. The average Bonchev–Trinajstić information content (AvgIpc) is 3.11. The van der Waals surface area contributed by atoms with Crippen LogP contribution in [0, 0.1) is 6.92 Å². The van der Waals surface area contributed by atoms with Crippen LogP contribution in [0.3, 0.4) is 0 Å². The van der Waals surface area contributed by atoms with Crippen molar-refractivity contribution >= 4 is 33.2 Å². The number of aryl methyl sites for hydroxylation is 1. The molecule has 8 heteroatoms. The summed E-state index contributed by atoms with van der Waals surface area (Å²) in [6, 6.07) is 17.3. The molecule has 0 saturated heterocycles. The summed E-state index contributed by atoms with van der Waals surface area (Å²) >= 11 is 1.17. The van der Waals surface area contributed by atoms with Crippen LogP contribution in [-0.2, 0) is 11.3 Å². The van der Waals surface area contributed by atoms with Gasteiger partial charge in [-0.25, -0.2) is 9.78 Å². The SMILES string of the molecule is COC(=O)c1sc2nc(CN(C)c3ccc(Oc4ccccc4)cc3)[nH]c(=O)c2c1C. The molecule has 7 nitrogen and oxygen atoms in total. The molecule has 0 radical (unpaired) electrons. The summed E-state index contributed by atoms with van der Waals surface area (Å²) in [4.78, 5) is 34.8. The second-order valence-electron chi connectivity index (χ2n) is 7.01. The van der Waals surface area contributed by atoms with Crippen molar-refractivity contribution in [3.05, 3.63) is 81.2 Å². The molecule has 0 fully saturated rings. The number of thiophene rings is 1. The molecule has 1 N–H and O–H groups in total. The van der Waals surface area contributed by atoms with Gasteiger partial charge in [-0.3, -0.25) is 4.79 Å². The average molecular weight is 436 g/mol. The minimum absolute atomic E-state index is 0.260. The number of H-pyrrole nitrogens is 1. The number of aromatic amines is 1. The van der Waals surface area contributed by atoms with Crippen LogP contribution in [0.1, 0.15) is 21.1 Å². The van der Waals surface area contributed by atoms with Gasteiger partial charge >= 0.3 is 5.97 Å². The van der Waals surface area contributed by atoms with Gasteiger partial charge in [-0.1, -0.05) is 18.2 Å². The predicted octanol–water partition coefficient (Wildman–Crippen LogP) is 4.51. The number of hydrogen-bond acceptors (Lipinski definition) is 7. The molecule has 2 heterocycles. The molecule has 158 valence electrons. The van der Waals surface area contributed by atoms with Gasteiger partial charge < -0.3 is 19.4 Å².